The fourth-order valence-corrected chi connectivity index (χ4v) is 1.35. The van der Waals surface area contributed by atoms with Gasteiger partial charge in [0.05, 0.1) is 0 Å². The molecule has 86 valence electrons. The maximum Gasteiger partial charge on any atom is 0.226 e. The van der Waals surface area contributed by atoms with E-state index in [1.54, 1.807) is 0 Å². The zero-order chi connectivity index (χ0) is 11.1. The fraction of sp³-hybridized carbons (Fsp3) is 0.818. The van der Waals surface area contributed by atoms with Crippen molar-refractivity contribution in [3.63, 3.8) is 0 Å². The van der Waals surface area contributed by atoms with Gasteiger partial charge >= 0.3 is 0 Å². The number of hydrogen-bond donors (Lipinski definition) is 1. The van der Waals surface area contributed by atoms with Gasteiger partial charge in [0.25, 0.3) is 0 Å². The Kier molecular flexibility index (Phi) is 5.32. The summed E-state index contributed by atoms with van der Waals surface area (Å²) in [4.78, 5) is 4.37. The van der Waals surface area contributed by atoms with Crippen LogP contribution in [0.2, 0.25) is 0 Å². The number of hydrogen-bond acceptors (Lipinski definition) is 4. The molecule has 0 aliphatic heterocycles. The summed E-state index contributed by atoms with van der Waals surface area (Å²) in [7, 11) is 0. The molecular weight excluding hydrogens is 190 g/mol. The molecule has 1 aromatic heterocycles. The Morgan fingerprint density at radius 2 is 2.13 bits per heavy atom. The van der Waals surface area contributed by atoms with Crippen LogP contribution in [0.5, 0.6) is 0 Å². The summed E-state index contributed by atoms with van der Waals surface area (Å²) < 4.78 is 5.18. The standard InChI is InChI=1S/C11H21N3O/c1-3-9(2)11-13-10(15-14-11)7-5-4-6-8-12/h9H,3-8,12H2,1-2H3. The fourth-order valence-electron chi connectivity index (χ4n) is 1.35. The van der Waals surface area contributed by atoms with Gasteiger partial charge in [-0.25, -0.2) is 0 Å². The largest absolute Gasteiger partial charge is 0.339 e. The Balaban J connectivity index is 2.33. The zero-order valence-corrected chi connectivity index (χ0v) is 9.70. The molecule has 0 radical (unpaired) electrons. The summed E-state index contributed by atoms with van der Waals surface area (Å²) in [5.74, 6) is 2.00. The molecule has 1 heterocycles. The molecule has 0 aliphatic rings. The molecule has 4 heteroatoms. The van der Waals surface area contributed by atoms with Gasteiger partial charge < -0.3 is 10.3 Å². The van der Waals surface area contributed by atoms with E-state index >= 15 is 0 Å². The van der Waals surface area contributed by atoms with Crippen LogP contribution in [-0.2, 0) is 6.42 Å². The van der Waals surface area contributed by atoms with Gasteiger partial charge in [-0.3, -0.25) is 0 Å². The predicted molar refractivity (Wildman–Crippen MR) is 59.6 cm³/mol. The molecule has 15 heavy (non-hydrogen) atoms. The van der Waals surface area contributed by atoms with Crippen LogP contribution in [0.4, 0.5) is 0 Å². The summed E-state index contributed by atoms with van der Waals surface area (Å²) in [6, 6.07) is 0. The van der Waals surface area contributed by atoms with E-state index in [1.807, 2.05) is 0 Å². The molecule has 1 rings (SSSR count). The maximum atomic E-state index is 5.42. The molecule has 1 unspecified atom stereocenters. The average Bonchev–Trinajstić information content (AvgIpc) is 2.72. The highest BCUT2D eigenvalue weighted by molar-refractivity contribution is 4.92. The lowest BCUT2D eigenvalue weighted by molar-refractivity contribution is 0.366. The highest BCUT2D eigenvalue weighted by atomic mass is 16.5. The number of nitrogens with zero attached hydrogens (tertiary/aromatic N) is 2. The lowest BCUT2D eigenvalue weighted by Gasteiger charge is -1.98. The predicted octanol–water partition coefficient (Wildman–Crippen LogP) is 2.25. The van der Waals surface area contributed by atoms with E-state index in [1.165, 1.54) is 0 Å². The monoisotopic (exact) mass is 211 g/mol. The number of aromatic nitrogens is 2. The SMILES string of the molecule is CCC(C)c1noc(CCCCCN)n1. The first-order chi connectivity index (χ1) is 7.27. The van der Waals surface area contributed by atoms with Crippen molar-refractivity contribution in [2.45, 2.75) is 51.9 Å². The Morgan fingerprint density at radius 3 is 2.80 bits per heavy atom. The van der Waals surface area contributed by atoms with Crippen LogP contribution < -0.4 is 5.73 Å². The molecule has 0 saturated carbocycles. The zero-order valence-electron chi connectivity index (χ0n) is 9.70. The number of aryl methyl sites for hydroxylation is 1. The second-order valence-corrected chi connectivity index (χ2v) is 3.95. The van der Waals surface area contributed by atoms with Gasteiger partial charge in [0.1, 0.15) is 0 Å². The van der Waals surface area contributed by atoms with Crippen molar-refractivity contribution in [1.82, 2.24) is 10.1 Å². The molecule has 0 aromatic carbocycles. The van der Waals surface area contributed by atoms with Crippen molar-refractivity contribution in [1.29, 1.82) is 0 Å². The number of unbranched alkanes of at least 4 members (excludes halogenated alkanes) is 2. The molecule has 1 atom stereocenters. The van der Waals surface area contributed by atoms with Crippen LogP contribution >= 0.6 is 0 Å². The van der Waals surface area contributed by atoms with Gasteiger partial charge in [0, 0.05) is 12.3 Å². The first-order valence-corrected chi connectivity index (χ1v) is 5.80. The van der Waals surface area contributed by atoms with Crippen molar-refractivity contribution < 1.29 is 4.52 Å². The molecule has 0 spiro atoms. The summed E-state index contributed by atoms with van der Waals surface area (Å²) in [6.07, 6.45) is 5.22. The topological polar surface area (TPSA) is 64.9 Å². The average molecular weight is 211 g/mol. The maximum absolute atomic E-state index is 5.42. The molecule has 0 saturated heterocycles. The lowest BCUT2D eigenvalue weighted by Crippen LogP contribution is -1.98. The Morgan fingerprint density at radius 1 is 1.33 bits per heavy atom. The molecule has 0 aliphatic carbocycles. The smallest absolute Gasteiger partial charge is 0.226 e. The highest BCUT2D eigenvalue weighted by Crippen LogP contribution is 2.15. The summed E-state index contributed by atoms with van der Waals surface area (Å²) >= 11 is 0. The summed E-state index contributed by atoms with van der Waals surface area (Å²) in [6.45, 7) is 5.01. The normalized spacial score (nSPS) is 13.0. The van der Waals surface area contributed by atoms with Crippen molar-refractivity contribution >= 4 is 0 Å². The van der Waals surface area contributed by atoms with E-state index in [-0.39, 0.29) is 0 Å². The lowest BCUT2D eigenvalue weighted by atomic mass is 10.1. The van der Waals surface area contributed by atoms with Crippen molar-refractivity contribution in [3.05, 3.63) is 11.7 Å². The van der Waals surface area contributed by atoms with E-state index in [2.05, 4.69) is 24.0 Å². The molecule has 0 bridgehead atoms. The van der Waals surface area contributed by atoms with Crippen LogP contribution in [0.3, 0.4) is 0 Å². The first-order valence-electron chi connectivity index (χ1n) is 5.80. The van der Waals surface area contributed by atoms with Gasteiger partial charge in [0.2, 0.25) is 5.89 Å². The van der Waals surface area contributed by atoms with E-state index in [0.717, 1.165) is 50.4 Å². The first kappa shape index (κ1) is 12.2. The van der Waals surface area contributed by atoms with Crippen molar-refractivity contribution in [2.24, 2.45) is 5.73 Å². The highest BCUT2D eigenvalue weighted by Gasteiger charge is 2.11. The molecule has 2 N–H and O–H groups in total. The second-order valence-electron chi connectivity index (χ2n) is 3.95. The van der Waals surface area contributed by atoms with Gasteiger partial charge in [0.15, 0.2) is 5.82 Å². The minimum Gasteiger partial charge on any atom is -0.339 e. The van der Waals surface area contributed by atoms with E-state index in [9.17, 15) is 0 Å². The summed E-state index contributed by atoms with van der Waals surface area (Å²) in [5, 5.41) is 3.98. The minimum absolute atomic E-state index is 0.395. The Labute approximate surface area is 91.2 Å². The van der Waals surface area contributed by atoms with E-state index in [0.29, 0.717) is 5.92 Å². The second kappa shape index (κ2) is 6.56. The van der Waals surface area contributed by atoms with Gasteiger partial charge in [-0.15, -0.1) is 0 Å². The summed E-state index contributed by atoms with van der Waals surface area (Å²) in [5.41, 5.74) is 5.42. The molecule has 0 fully saturated rings. The third-order valence-corrected chi connectivity index (χ3v) is 2.63. The van der Waals surface area contributed by atoms with Gasteiger partial charge in [-0.05, 0) is 25.8 Å². The Hall–Kier alpha value is -0.900. The van der Waals surface area contributed by atoms with E-state index < -0.39 is 0 Å². The van der Waals surface area contributed by atoms with Gasteiger partial charge in [-0.1, -0.05) is 25.4 Å². The van der Waals surface area contributed by atoms with Crippen LogP contribution in [0, 0.1) is 0 Å². The number of nitrogens with two attached hydrogens (primary N) is 1. The molecule has 0 amide bonds. The third-order valence-electron chi connectivity index (χ3n) is 2.63. The molecule has 4 nitrogen and oxygen atoms in total. The minimum atomic E-state index is 0.395. The third kappa shape index (κ3) is 4.00. The van der Waals surface area contributed by atoms with Crippen molar-refractivity contribution in [3.8, 4) is 0 Å². The van der Waals surface area contributed by atoms with Crippen molar-refractivity contribution in [2.75, 3.05) is 6.54 Å². The van der Waals surface area contributed by atoms with Crippen LogP contribution in [-0.4, -0.2) is 16.7 Å². The quantitative estimate of drug-likeness (QED) is 0.702. The van der Waals surface area contributed by atoms with E-state index in [4.69, 9.17) is 10.3 Å². The number of rotatable bonds is 7. The van der Waals surface area contributed by atoms with Crippen LogP contribution in [0.25, 0.3) is 0 Å². The molecular formula is C11H21N3O. The Bertz CT molecular complexity index is 273. The van der Waals surface area contributed by atoms with Crippen LogP contribution in [0.1, 0.15) is 57.2 Å². The van der Waals surface area contributed by atoms with Crippen LogP contribution in [0.15, 0.2) is 4.52 Å². The van der Waals surface area contributed by atoms with Gasteiger partial charge in [-0.2, -0.15) is 4.98 Å². The molecule has 1 aromatic rings.